The highest BCUT2D eigenvalue weighted by atomic mass is 35.5. The van der Waals surface area contributed by atoms with Crippen molar-refractivity contribution >= 4 is 52.0 Å². The van der Waals surface area contributed by atoms with Crippen LogP contribution in [0.15, 0.2) is 48.2 Å². The number of imide groups is 1. The molecule has 3 rings (SSSR count). The number of ether oxygens (including phenoxy) is 1. The highest BCUT2D eigenvalue weighted by Crippen LogP contribution is 2.35. The van der Waals surface area contributed by atoms with E-state index in [4.69, 9.17) is 27.9 Å². The van der Waals surface area contributed by atoms with Gasteiger partial charge in [0.25, 0.3) is 11.8 Å². The molecule has 0 fully saturated rings. The maximum atomic E-state index is 13.1. The minimum absolute atomic E-state index is 0.148. The molecular weight excluding hydrogens is 437 g/mol. The van der Waals surface area contributed by atoms with Gasteiger partial charge in [0.15, 0.2) is 0 Å². The SMILES string of the molecule is CCN(CC)c1ccc(NC2=C(c3ccc(Cl)cc3Cl)C(=O)N(CCOC)C2=O)cc1. The van der Waals surface area contributed by atoms with Crippen LogP contribution >= 0.6 is 23.2 Å². The lowest BCUT2D eigenvalue weighted by atomic mass is 10.0. The van der Waals surface area contributed by atoms with E-state index >= 15 is 0 Å². The zero-order chi connectivity index (χ0) is 22.5. The molecule has 2 aromatic carbocycles. The minimum atomic E-state index is -0.423. The standard InChI is InChI=1S/C23H25Cl2N3O3/c1-4-27(5-2)17-9-7-16(8-10-17)26-21-20(18-11-6-15(24)14-19(18)25)22(29)28(23(21)30)12-13-31-3/h6-11,14,26H,4-5,12-13H2,1-3H3. The zero-order valence-electron chi connectivity index (χ0n) is 17.7. The Morgan fingerprint density at radius 2 is 1.68 bits per heavy atom. The summed E-state index contributed by atoms with van der Waals surface area (Å²) in [6, 6.07) is 12.6. The fraction of sp³-hybridized carbons (Fsp3) is 0.304. The van der Waals surface area contributed by atoms with Crippen molar-refractivity contribution in [2.45, 2.75) is 13.8 Å². The lowest BCUT2D eigenvalue weighted by Gasteiger charge is -2.21. The van der Waals surface area contributed by atoms with Crippen molar-refractivity contribution in [2.75, 3.05) is 43.6 Å². The van der Waals surface area contributed by atoms with Crippen LogP contribution in [-0.4, -0.2) is 50.1 Å². The van der Waals surface area contributed by atoms with Crippen molar-refractivity contribution in [1.29, 1.82) is 0 Å². The number of hydrogen-bond donors (Lipinski definition) is 1. The second-order valence-corrected chi connectivity index (χ2v) is 7.82. The van der Waals surface area contributed by atoms with Gasteiger partial charge in [-0.3, -0.25) is 14.5 Å². The summed E-state index contributed by atoms with van der Waals surface area (Å²) in [4.78, 5) is 29.6. The number of halogens is 2. The lowest BCUT2D eigenvalue weighted by molar-refractivity contribution is -0.137. The molecule has 0 saturated carbocycles. The number of carbonyl (C=O) groups is 2. The van der Waals surface area contributed by atoms with Crippen molar-refractivity contribution in [3.8, 4) is 0 Å². The fourth-order valence-electron chi connectivity index (χ4n) is 3.51. The van der Waals surface area contributed by atoms with E-state index in [1.54, 1.807) is 18.2 Å². The molecule has 6 nitrogen and oxygen atoms in total. The first-order chi connectivity index (χ1) is 14.9. The number of anilines is 2. The monoisotopic (exact) mass is 461 g/mol. The van der Waals surface area contributed by atoms with Crippen molar-refractivity contribution in [2.24, 2.45) is 0 Å². The van der Waals surface area contributed by atoms with Crippen molar-refractivity contribution < 1.29 is 14.3 Å². The smallest absolute Gasteiger partial charge is 0.278 e. The predicted molar refractivity (Wildman–Crippen MR) is 126 cm³/mol. The first-order valence-electron chi connectivity index (χ1n) is 10.1. The highest BCUT2D eigenvalue weighted by Gasteiger charge is 2.39. The minimum Gasteiger partial charge on any atom is -0.383 e. The van der Waals surface area contributed by atoms with Gasteiger partial charge in [-0.2, -0.15) is 0 Å². The van der Waals surface area contributed by atoms with Gasteiger partial charge in [0.1, 0.15) is 5.70 Å². The number of rotatable bonds is 9. The van der Waals surface area contributed by atoms with Crippen LogP contribution in [-0.2, 0) is 14.3 Å². The van der Waals surface area contributed by atoms with E-state index in [1.807, 2.05) is 24.3 Å². The summed E-state index contributed by atoms with van der Waals surface area (Å²) in [6.07, 6.45) is 0. The molecule has 2 aromatic rings. The zero-order valence-corrected chi connectivity index (χ0v) is 19.3. The number of carbonyl (C=O) groups excluding carboxylic acids is 2. The Morgan fingerprint density at radius 1 is 1.00 bits per heavy atom. The normalized spacial score (nSPS) is 13.9. The number of nitrogens with one attached hydrogen (secondary N) is 1. The maximum absolute atomic E-state index is 13.1. The van der Waals surface area contributed by atoms with Crippen molar-refractivity contribution in [3.05, 3.63) is 63.8 Å². The molecule has 0 aliphatic carbocycles. The number of benzene rings is 2. The van der Waals surface area contributed by atoms with E-state index in [9.17, 15) is 9.59 Å². The van der Waals surface area contributed by atoms with Gasteiger partial charge in [-0.15, -0.1) is 0 Å². The first kappa shape index (κ1) is 23.1. The summed E-state index contributed by atoms with van der Waals surface area (Å²) < 4.78 is 5.06. The molecule has 1 aliphatic rings. The third kappa shape index (κ3) is 4.87. The largest absolute Gasteiger partial charge is 0.383 e. The third-order valence-electron chi connectivity index (χ3n) is 5.15. The quantitative estimate of drug-likeness (QED) is 0.549. The van der Waals surface area contributed by atoms with Gasteiger partial charge in [0.2, 0.25) is 0 Å². The molecular formula is C23H25Cl2N3O3. The second-order valence-electron chi connectivity index (χ2n) is 6.97. The molecule has 1 N–H and O–H groups in total. The van der Waals surface area contributed by atoms with Crippen LogP contribution in [0, 0.1) is 0 Å². The van der Waals surface area contributed by atoms with Crippen LogP contribution in [0.4, 0.5) is 11.4 Å². The topological polar surface area (TPSA) is 61.9 Å². The average molecular weight is 462 g/mol. The molecule has 1 aliphatic heterocycles. The molecule has 1 heterocycles. The summed E-state index contributed by atoms with van der Waals surface area (Å²) in [5.74, 6) is -0.843. The Morgan fingerprint density at radius 3 is 2.26 bits per heavy atom. The summed E-state index contributed by atoms with van der Waals surface area (Å²) >= 11 is 12.4. The van der Waals surface area contributed by atoms with Gasteiger partial charge in [-0.25, -0.2) is 0 Å². The molecule has 0 radical (unpaired) electrons. The maximum Gasteiger partial charge on any atom is 0.278 e. The number of amides is 2. The van der Waals surface area contributed by atoms with E-state index in [0.717, 1.165) is 23.7 Å². The molecule has 0 saturated heterocycles. The van der Waals surface area contributed by atoms with E-state index < -0.39 is 11.8 Å². The Kier molecular flexibility index (Phi) is 7.59. The Hall–Kier alpha value is -2.54. The predicted octanol–water partition coefficient (Wildman–Crippen LogP) is 4.68. The number of hydrogen-bond acceptors (Lipinski definition) is 5. The fourth-order valence-corrected chi connectivity index (χ4v) is 4.01. The highest BCUT2D eigenvalue weighted by molar-refractivity contribution is 6.41. The van der Waals surface area contributed by atoms with Gasteiger partial charge in [-0.1, -0.05) is 29.3 Å². The number of methoxy groups -OCH3 is 1. The molecule has 0 spiro atoms. The molecule has 0 atom stereocenters. The van der Waals surface area contributed by atoms with Crippen LogP contribution in [0.3, 0.4) is 0 Å². The third-order valence-corrected chi connectivity index (χ3v) is 5.70. The molecule has 0 unspecified atom stereocenters. The summed E-state index contributed by atoms with van der Waals surface area (Å²) in [7, 11) is 1.52. The van der Waals surface area contributed by atoms with Crippen LogP contribution in [0.5, 0.6) is 0 Å². The summed E-state index contributed by atoms with van der Waals surface area (Å²) in [5, 5.41) is 3.88. The Bertz CT molecular complexity index is 1000. The van der Waals surface area contributed by atoms with E-state index in [2.05, 4.69) is 24.1 Å². The van der Waals surface area contributed by atoms with Crippen LogP contribution in [0.1, 0.15) is 19.4 Å². The van der Waals surface area contributed by atoms with E-state index in [-0.39, 0.29) is 24.4 Å². The van der Waals surface area contributed by atoms with E-state index in [0.29, 0.717) is 21.3 Å². The van der Waals surface area contributed by atoms with Gasteiger partial charge in [0.05, 0.1) is 23.7 Å². The summed E-state index contributed by atoms with van der Waals surface area (Å²) in [5.41, 5.74) is 2.63. The molecule has 164 valence electrons. The molecule has 8 heteroatoms. The molecule has 0 bridgehead atoms. The first-order valence-corrected chi connectivity index (χ1v) is 10.8. The lowest BCUT2D eigenvalue weighted by Crippen LogP contribution is -2.35. The summed E-state index contributed by atoms with van der Waals surface area (Å²) in [6.45, 7) is 6.38. The molecule has 31 heavy (non-hydrogen) atoms. The van der Waals surface area contributed by atoms with Gasteiger partial charge in [-0.05, 0) is 50.2 Å². The van der Waals surface area contributed by atoms with Gasteiger partial charge < -0.3 is 15.0 Å². The van der Waals surface area contributed by atoms with E-state index in [1.165, 1.54) is 7.11 Å². The average Bonchev–Trinajstić information content (AvgIpc) is 2.98. The molecule has 2 amide bonds. The van der Waals surface area contributed by atoms with Crippen molar-refractivity contribution in [3.63, 3.8) is 0 Å². The Balaban J connectivity index is 2.00. The number of nitrogens with zero attached hydrogens (tertiary/aromatic N) is 2. The van der Waals surface area contributed by atoms with Crippen LogP contribution in [0.25, 0.3) is 5.57 Å². The van der Waals surface area contributed by atoms with Gasteiger partial charge in [0, 0.05) is 42.2 Å². The van der Waals surface area contributed by atoms with Crippen LogP contribution < -0.4 is 10.2 Å². The van der Waals surface area contributed by atoms with Crippen molar-refractivity contribution in [1.82, 2.24) is 4.90 Å². The second kappa shape index (κ2) is 10.2. The Labute approximate surface area is 192 Å². The van der Waals surface area contributed by atoms with Crippen LogP contribution in [0.2, 0.25) is 10.0 Å². The van der Waals surface area contributed by atoms with Gasteiger partial charge >= 0.3 is 0 Å². The molecule has 0 aromatic heterocycles.